The van der Waals surface area contributed by atoms with Crippen LogP contribution in [-0.2, 0) is 0 Å². The van der Waals surface area contributed by atoms with Crippen molar-refractivity contribution >= 4 is 0 Å². The molecule has 0 spiro atoms. The molecule has 12 heavy (non-hydrogen) atoms. The van der Waals surface area contributed by atoms with Gasteiger partial charge in [0, 0.05) is 12.2 Å². The molecule has 0 heterocycles. The lowest BCUT2D eigenvalue weighted by molar-refractivity contribution is 0.697. The van der Waals surface area contributed by atoms with Crippen LogP contribution in [0.2, 0.25) is 0 Å². The fourth-order valence-corrected chi connectivity index (χ4v) is 0.905. The lowest BCUT2D eigenvalue weighted by atomic mass is 10.1. The molecule has 0 aromatic rings. The van der Waals surface area contributed by atoms with Gasteiger partial charge in [0.2, 0.25) is 0 Å². The van der Waals surface area contributed by atoms with E-state index in [4.69, 9.17) is 0 Å². The van der Waals surface area contributed by atoms with E-state index in [0.717, 1.165) is 31.5 Å². The fourth-order valence-electron chi connectivity index (χ4n) is 0.905. The Kier molecular flexibility index (Phi) is 6.54. The third-order valence-corrected chi connectivity index (χ3v) is 2.01. The van der Waals surface area contributed by atoms with E-state index in [1.54, 1.807) is 0 Å². The monoisotopic (exact) mass is 167 g/mol. The predicted molar refractivity (Wildman–Crippen MR) is 56.1 cm³/mol. The normalized spacial score (nSPS) is 9.50. The molecule has 0 saturated heterocycles. The molecule has 0 aromatic carbocycles. The second-order valence-corrected chi connectivity index (χ2v) is 3.09. The Balaban J connectivity index is 3.21. The molecular weight excluding hydrogens is 146 g/mol. The molecular formula is C11H21N. The van der Waals surface area contributed by atoms with E-state index in [1.807, 2.05) is 0 Å². The smallest absolute Gasteiger partial charge is 0.0146 e. The molecule has 0 aromatic heterocycles. The van der Waals surface area contributed by atoms with Gasteiger partial charge in [0.25, 0.3) is 0 Å². The molecule has 0 aliphatic heterocycles. The minimum absolute atomic E-state index is 1.02. The van der Waals surface area contributed by atoms with Gasteiger partial charge in [-0.25, -0.2) is 0 Å². The van der Waals surface area contributed by atoms with E-state index < -0.39 is 0 Å². The van der Waals surface area contributed by atoms with Crippen LogP contribution < -0.4 is 5.32 Å². The Morgan fingerprint density at radius 2 is 1.83 bits per heavy atom. The molecule has 0 aliphatic rings. The summed E-state index contributed by atoms with van der Waals surface area (Å²) < 4.78 is 0. The maximum Gasteiger partial charge on any atom is 0.0146 e. The summed E-state index contributed by atoms with van der Waals surface area (Å²) in [7, 11) is 0. The van der Waals surface area contributed by atoms with Crippen molar-refractivity contribution in [3.05, 3.63) is 24.4 Å². The zero-order valence-electron chi connectivity index (χ0n) is 8.45. The molecule has 70 valence electrons. The second kappa shape index (κ2) is 6.96. The van der Waals surface area contributed by atoms with Crippen LogP contribution in [-0.4, -0.2) is 6.54 Å². The van der Waals surface area contributed by atoms with Crippen LogP contribution in [0.4, 0.5) is 0 Å². The molecule has 0 aliphatic carbocycles. The van der Waals surface area contributed by atoms with Crippen molar-refractivity contribution in [2.75, 3.05) is 6.54 Å². The van der Waals surface area contributed by atoms with Crippen molar-refractivity contribution in [1.29, 1.82) is 0 Å². The number of nitrogens with one attached hydrogen (secondary N) is 1. The first kappa shape index (κ1) is 11.3. The van der Waals surface area contributed by atoms with E-state index in [2.05, 4.69) is 32.3 Å². The third kappa shape index (κ3) is 6.02. The van der Waals surface area contributed by atoms with Crippen LogP contribution >= 0.6 is 0 Å². The van der Waals surface area contributed by atoms with Crippen molar-refractivity contribution in [2.45, 2.75) is 39.5 Å². The van der Waals surface area contributed by atoms with Gasteiger partial charge in [0.15, 0.2) is 0 Å². The van der Waals surface area contributed by atoms with Gasteiger partial charge in [-0.1, -0.05) is 32.6 Å². The molecule has 0 radical (unpaired) electrons. The second-order valence-electron chi connectivity index (χ2n) is 3.09. The van der Waals surface area contributed by atoms with E-state index >= 15 is 0 Å². The van der Waals surface area contributed by atoms with Crippen molar-refractivity contribution in [3.8, 4) is 0 Å². The Bertz CT molecular complexity index is 129. The summed E-state index contributed by atoms with van der Waals surface area (Å²) in [5, 5.41) is 3.28. The van der Waals surface area contributed by atoms with Crippen LogP contribution in [0.25, 0.3) is 0 Å². The maximum absolute atomic E-state index is 3.96. The predicted octanol–water partition coefficient (Wildman–Crippen LogP) is 3.25. The SMILES string of the molecule is C=C(CC)CCCNC(=C)CC. The molecule has 1 nitrogen and oxygen atoms in total. The van der Waals surface area contributed by atoms with Gasteiger partial charge in [-0.15, -0.1) is 0 Å². The Labute approximate surface area is 76.6 Å². The molecule has 1 heteroatoms. The number of rotatable bonds is 7. The first-order chi connectivity index (χ1) is 5.70. The molecule has 0 amide bonds. The molecule has 0 rings (SSSR count). The first-order valence-corrected chi connectivity index (χ1v) is 4.79. The number of hydrogen-bond acceptors (Lipinski definition) is 1. The van der Waals surface area contributed by atoms with Gasteiger partial charge in [-0.2, -0.15) is 0 Å². The quantitative estimate of drug-likeness (QED) is 0.453. The minimum Gasteiger partial charge on any atom is -0.389 e. The van der Waals surface area contributed by atoms with E-state index in [9.17, 15) is 0 Å². The number of hydrogen-bond donors (Lipinski definition) is 1. The highest BCUT2D eigenvalue weighted by molar-refractivity contribution is 4.93. The lowest BCUT2D eigenvalue weighted by Crippen LogP contribution is -2.13. The average Bonchev–Trinajstić information content (AvgIpc) is 2.11. The van der Waals surface area contributed by atoms with E-state index in [-0.39, 0.29) is 0 Å². The highest BCUT2D eigenvalue weighted by Gasteiger charge is 1.92. The fraction of sp³-hybridized carbons (Fsp3) is 0.636. The topological polar surface area (TPSA) is 12.0 Å². The van der Waals surface area contributed by atoms with Crippen molar-refractivity contribution in [3.63, 3.8) is 0 Å². The highest BCUT2D eigenvalue weighted by Crippen LogP contribution is 2.05. The molecule has 1 N–H and O–H groups in total. The molecule has 0 atom stereocenters. The molecule has 0 unspecified atom stereocenters. The van der Waals surface area contributed by atoms with Crippen molar-refractivity contribution in [1.82, 2.24) is 5.32 Å². The standard InChI is InChI=1S/C11H21N/c1-5-10(3)8-7-9-12-11(4)6-2/h12H,3-9H2,1-2H3. The maximum atomic E-state index is 3.96. The van der Waals surface area contributed by atoms with Gasteiger partial charge < -0.3 is 5.32 Å². The molecule has 0 fully saturated rings. The first-order valence-electron chi connectivity index (χ1n) is 4.79. The van der Waals surface area contributed by atoms with Gasteiger partial charge >= 0.3 is 0 Å². The Hall–Kier alpha value is -0.720. The third-order valence-electron chi connectivity index (χ3n) is 2.01. The zero-order valence-corrected chi connectivity index (χ0v) is 8.45. The summed E-state index contributed by atoms with van der Waals surface area (Å²) in [6.45, 7) is 13.1. The minimum atomic E-state index is 1.02. The van der Waals surface area contributed by atoms with Crippen LogP contribution in [0.1, 0.15) is 39.5 Å². The van der Waals surface area contributed by atoms with Gasteiger partial charge in [-0.3, -0.25) is 0 Å². The number of allylic oxidation sites excluding steroid dienone is 2. The highest BCUT2D eigenvalue weighted by atomic mass is 14.9. The van der Waals surface area contributed by atoms with Crippen LogP contribution in [0.5, 0.6) is 0 Å². The van der Waals surface area contributed by atoms with E-state index in [0.29, 0.717) is 0 Å². The van der Waals surface area contributed by atoms with Crippen LogP contribution in [0.3, 0.4) is 0 Å². The summed E-state index contributed by atoms with van der Waals surface area (Å²) >= 11 is 0. The summed E-state index contributed by atoms with van der Waals surface area (Å²) in [5.41, 5.74) is 2.48. The van der Waals surface area contributed by atoms with Gasteiger partial charge in [0.05, 0.1) is 0 Å². The Morgan fingerprint density at radius 1 is 1.17 bits per heavy atom. The zero-order chi connectivity index (χ0) is 9.40. The van der Waals surface area contributed by atoms with E-state index in [1.165, 1.54) is 12.0 Å². The van der Waals surface area contributed by atoms with Crippen LogP contribution in [0.15, 0.2) is 24.4 Å². The summed E-state index contributed by atoms with van der Waals surface area (Å²) in [6.07, 6.45) is 4.44. The van der Waals surface area contributed by atoms with Gasteiger partial charge in [0.1, 0.15) is 0 Å². The van der Waals surface area contributed by atoms with Crippen molar-refractivity contribution < 1.29 is 0 Å². The lowest BCUT2D eigenvalue weighted by Gasteiger charge is -2.07. The largest absolute Gasteiger partial charge is 0.389 e. The Morgan fingerprint density at radius 3 is 2.33 bits per heavy atom. The molecule has 0 saturated carbocycles. The molecule has 0 bridgehead atoms. The van der Waals surface area contributed by atoms with Crippen LogP contribution in [0, 0.1) is 0 Å². The van der Waals surface area contributed by atoms with Gasteiger partial charge in [-0.05, 0) is 25.7 Å². The summed E-state index contributed by atoms with van der Waals surface area (Å²) in [4.78, 5) is 0. The summed E-state index contributed by atoms with van der Waals surface area (Å²) in [5.74, 6) is 0. The average molecular weight is 167 g/mol. The summed E-state index contributed by atoms with van der Waals surface area (Å²) in [6, 6.07) is 0. The van der Waals surface area contributed by atoms with Crippen molar-refractivity contribution in [2.24, 2.45) is 0 Å².